The zero-order valence-electron chi connectivity index (χ0n) is 13.4. The summed E-state index contributed by atoms with van der Waals surface area (Å²) in [6, 6.07) is 0. The average molecular weight is 279 g/mol. The van der Waals surface area contributed by atoms with E-state index in [0.717, 1.165) is 0 Å². The van der Waals surface area contributed by atoms with Gasteiger partial charge in [0, 0.05) is 0 Å². The van der Waals surface area contributed by atoms with Gasteiger partial charge in [-0.15, -0.1) is 0 Å². The van der Waals surface area contributed by atoms with Gasteiger partial charge in [-0.05, 0) is 61.4 Å². The molecule has 0 radical (unpaired) electrons. The Kier molecular flexibility index (Phi) is 4.41. The van der Waals surface area contributed by atoms with E-state index in [-0.39, 0.29) is 0 Å². The average Bonchev–Trinajstić information content (AvgIpc) is 2.72. The van der Waals surface area contributed by atoms with Gasteiger partial charge in [0.25, 0.3) is 0 Å². The van der Waals surface area contributed by atoms with E-state index in [2.05, 4.69) is 46.0 Å². The molecule has 2 rings (SSSR count). The Morgan fingerprint density at radius 1 is 1.26 bits per heavy atom. The van der Waals surface area contributed by atoms with Gasteiger partial charge in [0.2, 0.25) is 0 Å². The summed E-state index contributed by atoms with van der Waals surface area (Å²) in [7, 11) is -1.68. The van der Waals surface area contributed by atoms with Crippen molar-refractivity contribution in [3.8, 4) is 0 Å². The van der Waals surface area contributed by atoms with Crippen molar-refractivity contribution in [3.05, 3.63) is 23.3 Å². The minimum atomic E-state index is -1.68. The van der Waals surface area contributed by atoms with E-state index in [4.69, 9.17) is 4.43 Å². The fourth-order valence-electron chi connectivity index (χ4n) is 3.30. The van der Waals surface area contributed by atoms with Crippen LogP contribution in [0, 0.1) is 0 Å². The van der Waals surface area contributed by atoms with Crippen LogP contribution in [0.15, 0.2) is 23.3 Å². The molecule has 0 aliphatic heterocycles. The second-order valence-corrected chi connectivity index (χ2v) is 11.9. The maximum absolute atomic E-state index is 6.68. The Balaban J connectivity index is 2.09. The van der Waals surface area contributed by atoms with Gasteiger partial charge in [-0.3, -0.25) is 0 Å². The smallest absolute Gasteiger partial charge is 0.193 e. The number of hydrogen-bond acceptors (Lipinski definition) is 1. The van der Waals surface area contributed by atoms with Crippen LogP contribution < -0.4 is 0 Å². The summed E-state index contributed by atoms with van der Waals surface area (Å²) in [4.78, 5) is 0. The fraction of sp³-hybridized carbons (Fsp3) is 0.765. The normalized spacial score (nSPS) is 23.9. The molecular weight excluding hydrogens is 248 g/mol. The molecule has 0 bridgehead atoms. The van der Waals surface area contributed by atoms with Crippen LogP contribution in [-0.2, 0) is 4.43 Å². The minimum Gasteiger partial charge on any atom is -0.407 e. The van der Waals surface area contributed by atoms with Gasteiger partial charge >= 0.3 is 0 Å². The second kappa shape index (κ2) is 5.57. The third kappa shape index (κ3) is 3.05. The molecule has 0 aromatic heterocycles. The van der Waals surface area contributed by atoms with Crippen LogP contribution in [0.25, 0.3) is 0 Å². The van der Waals surface area contributed by atoms with Crippen molar-refractivity contribution in [3.63, 3.8) is 0 Å². The van der Waals surface area contributed by atoms with Gasteiger partial charge in [-0.25, -0.2) is 0 Å². The highest BCUT2D eigenvalue weighted by molar-refractivity contribution is 6.74. The topological polar surface area (TPSA) is 9.23 Å². The van der Waals surface area contributed by atoms with Crippen LogP contribution in [0.1, 0.15) is 59.3 Å². The van der Waals surface area contributed by atoms with Crippen LogP contribution in [-0.4, -0.2) is 14.4 Å². The lowest BCUT2D eigenvalue weighted by Gasteiger charge is -2.41. The molecule has 108 valence electrons. The molecule has 0 saturated heterocycles. The lowest BCUT2D eigenvalue weighted by atomic mass is 9.93. The van der Waals surface area contributed by atoms with E-state index in [9.17, 15) is 0 Å². The van der Waals surface area contributed by atoms with Crippen LogP contribution in [0.4, 0.5) is 0 Å². The first-order chi connectivity index (χ1) is 8.87. The quantitative estimate of drug-likeness (QED) is 0.595. The molecule has 0 aromatic rings. The zero-order valence-corrected chi connectivity index (χ0v) is 14.4. The van der Waals surface area contributed by atoms with E-state index >= 15 is 0 Å². The van der Waals surface area contributed by atoms with Crippen molar-refractivity contribution in [1.82, 2.24) is 0 Å². The first-order valence-electron chi connectivity index (χ1n) is 7.95. The molecule has 0 unspecified atom stereocenters. The second-order valence-electron chi connectivity index (χ2n) is 7.30. The van der Waals surface area contributed by atoms with Gasteiger partial charge in [0.1, 0.15) is 0 Å². The van der Waals surface area contributed by atoms with Gasteiger partial charge in [0.15, 0.2) is 8.32 Å². The van der Waals surface area contributed by atoms with Crippen molar-refractivity contribution >= 4 is 8.32 Å². The van der Waals surface area contributed by atoms with Gasteiger partial charge < -0.3 is 4.43 Å². The third-order valence-electron chi connectivity index (χ3n) is 5.30. The molecule has 0 N–H and O–H groups in total. The van der Waals surface area contributed by atoms with E-state index < -0.39 is 8.32 Å². The van der Waals surface area contributed by atoms with Crippen LogP contribution >= 0.6 is 0 Å². The third-order valence-corrected chi connectivity index (χ3v) is 9.65. The highest BCUT2D eigenvalue weighted by atomic mass is 28.4. The molecule has 1 nitrogen and oxygen atoms in total. The first kappa shape index (κ1) is 15.1. The van der Waals surface area contributed by atoms with Crippen molar-refractivity contribution in [2.75, 3.05) is 0 Å². The number of rotatable bonds is 5. The lowest BCUT2D eigenvalue weighted by molar-refractivity contribution is 0.247. The monoisotopic (exact) mass is 278 g/mol. The molecule has 0 heterocycles. The predicted molar refractivity (Wildman–Crippen MR) is 85.9 cm³/mol. The highest BCUT2D eigenvalue weighted by Gasteiger charge is 2.42. The number of hydrogen-bond donors (Lipinski definition) is 0. The summed E-state index contributed by atoms with van der Waals surface area (Å²) in [5, 5.41) is 0.355. The largest absolute Gasteiger partial charge is 0.407 e. The molecule has 2 heteroatoms. The molecule has 0 fully saturated rings. The summed E-state index contributed by atoms with van der Waals surface area (Å²) in [6.07, 6.45) is 12.7. The molecular formula is C17H30OSi. The van der Waals surface area contributed by atoms with Gasteiger partial charge in [-0.1, -0.05) is 39.3 Å². The SMILES string of the molecule is CCCC(C)(C)[Si](C)(C)O[C@H]1C=CC2=C1CCCC2. The Morgan fingerprint density at radius 2 is 1.95 bits per heavy atom. The molecule has 2 aliphatic carbocycles. The molecule has 0 amide bonds. The van der Waals surface area contributed by atoms with E-state index in [1.54, 1.807) is 11.1 Å². The van der Waals surface area contributed by atoms with Crippen molar-refractivity contribution < 1.29 is 4.43 Å². The molecule has 0 spiro atoms. The van der Waals surface area contributed by atoms with Crippen molar-refractivity contribution in [2.45, 2.75) is 83.5 Å². The fourth-order valence-corrected chi connectivity index (χ4v) is 5.33. The summed E-state index contributed by atoms with van der Waals surface area (Å²) in [5.74, 6) is 0. The van der Waals surface area contributed by atoms with E-state index in [0.29, 0.717) is 11.1 Å². The lowest BCUT2D eigenvalue weighted by Crippen LogP contribution is -2.45. The van der Waals surface area contributed by atoms with Crippen LogP contribution in [0.5, 0.6) is 0 Å². The molecule has 0 saturated carbocycles. The maximum Gasteiger partial charge on any atom is 0.193 e. The van der Waals surface area contributed by atoms with Gasteiger partial charge in [-0.2, -0.15) is 0 Å². The Labute approximate surface area is 120 Å². The Morgan fingerprint density at radius 3 is 2.63 bits per heavy atom. The molecule has 2 aliphatic rings. The van der Waals surface area contributed by atoms with Crippen molar-refractivity contribution in [1.29, 1.82) is 0 Å². The summed E-state index contributed by atoms with van der Waals surface area (Å²) in [6.45, 7) is 11.9. The van der Waals surface area contributed by atoms with Crippen LogP contribution in [0.3, 0.4) is 0 Å². The first-order valence-corrected chi connectivity index (χ1v) is 10.9. The summed E-state index contributed by atoms with van der Waals surface area (Å²) < 4.78 is 6.68. The number of allylic oxidation sites excluding steroid dienone is 2. The van der Waals surface area contributed by atoms with Gasteiger partial charge in [0.05, 0.1) is 6.10 Å². The Bertz CT molecular complexity index is 390. The summed E-state index contributed by atoms with van der Waals surface area (Å²) in [5.41, 5.74) is 3.17. The highest BCUT2D eigenvalue weighted by Crippen LogP contribution is 2.45. The molecule has 19 heavy (non-hydrogen) atoms. The zero-order chi connectivity index (χ0) is 14.1. The molecule has 0 aromatic carbocycles. The predicted octanol–water partition coefficient (Wildman–Crippen LogP) is 5.60. The van der Waals surface area contributed by atoms with Crippen molar-refractivity contribution in [2.24, 2.45) is 0 Å². The van der Waals surface area contributed by atoms with E-state index in [1.807, 2.05) is 0 Å². The minimum absolute atomic E-state index is 0.299. The Hall–Kier alpha value is -0.343. The standard InChI is InChI=1S/C17H30OSi/c1-6-13-17(2,3)19(4,5)18-16-12-11-14-9-7-8-10-15(14)16/h11-12,16H,6-10,13H2,1-5H3/t16-/m0/s1. The summed E-state index contributed by atoms with van der Waals surface area (Å²) >= 11 is 0. The van der Waals surface area contributed by atoms with Crippen LogP contribution in [0.2, 0.25) is 18.1 Å². The molecule has 1 atom stereocenters. The van der Waals surface area contributed by atoms with E-state index in [1.165, 1.54) is 38.5 Å². The maximum atomic E-state index is 6.68.